The molecule has 0 aliphatic carbocycles. The topological polar surface area (TPSA) is 9.23 Å². The molecule has 0 amide bonds. The van der Waals surface area contributed by atoms with Gasteiger partial charge in [0.2, 0.25) is 0 Å². The zero-order valence-corrected chi connectivity index (χ0v) is 15.3. The van der Waals surface area contributed by atoms with Crippen LogP contribution in [0.15, 0.2) is 24.3 Å². The highest BCUT2D eigenvalue weighted by Gasteiger charge is 2.19. The molecular weight excluding hydrogens is 324 g/mol. The van der Waals surface area contributed by atoms with E-state index in [0.29, 0.717) is 0 Å². The molecule has 0 saturated heterocycles. The first kappa shape index (κ1) is 16.1. The molecule has 2 aromatic rings. The van der Waals surface area contributed by atoms with Crippen molar-refractivity contribution in [3.8, 4) is 5.75 Å². The van der Waals surface area contributed by atoms with E-state index in [4.69, 9.17) is 4.74 Å². The number of hydrogen-bond acceptors (Lipinski definition) is 1. The Morgan fingerprint density at radius 2 is 1.19 bits per heavy atom. The van der Waals surface area contributed by atoms with Crippen molar-refractivity contribution < 1.29 is 4.74 Å². The van der Waals surface area contributed by atoms with Gasteiger partial charge in [-0.25, -0.2) is 0 Å². The van der Waals surface area contributed by atoms with Gasteiger partial charge < -0.3 is 4.74 Å². The first-order valence-corrected chi connectivity index (χ1v) is 8.14. The monoisotopic (exact) mass is 346 g/mol. The Labute approximate surface area is 136 Å². The first-order chi connectivity index (χ1) is 9.88. The van der Waals surface area contributed by atoms with Gasteiger partial charge in [-0.1, -0.05) is 28.1 Å². The zero-order chi connectivity index (χ0) is 15.7. The predicted molar refractivity (Wildman–Crippen MR) is 93.9 cm³/mol. The molecule has 0 fully saturated rings. The minimum Gasteiger partial charge on any atom is -0.497 e. The highest BCUT2D eigenvalue weighted by Crippen LogP contribution is 2.39. The van der Waals surface area contributed by atoms with Crippen molar-refractivity contribution >= 4 is 15.9 Å². The third-order valence-corrected chi connectivity index (χ3v) is 5.71. The van der Waals surface area contributed by atoms with E-state index in [1.807, 2.05) is 12.1 Å². The SMILES string of the molecule is COc1ccc(C(Br)c2c(C)c(C)c(C)c(C)c2C)cc1. The molecule has 0 spiro atoms. The molecule has 0 N–H and O–H groups in total. The highest BCUT2D eigenvalue weighted by atomic mass is 79.9. The average molecular weight is 347 g/mol. The number of halogens is 1. The van der Waals surface area contributed by atoms with E-state index in [2.05, 4.69) is 62.7 Å². The molecule has 2 rings (SSSR count). The van der Waals surface area contributed by atoms with Gasteiger partial charge in [-0.15, -0.1) is 0 Å². The van der Waals surface area contributed by atoms with E-state index in [9.17, 15) is 0 Å². The summed E-state index contributed by atoms with van der Waals surface area (Å²) in [5, 5.41) is 0. The maximum atomic E-state index is 5.24. The molecule has 0 aliphatic rings. The molecule has 0 bridgehead atoms. The molecule has 0 saturated carbocycles. The summed E-state index contributed by atoms with van der Waals surface area (Å²) in [5.74, 6) is 0.892. The number of methoxy groups -OCH3 is 1. The second kappa shape index (κ2) is 6.23. The molecule has 21 heavy (non-hydrogen) atoms. The Balaban J connectivity index is 2.55. The largest absolute Gasteiger partial charge is 0.497 e. The number of hydrogen-bond donors (Lipinski definition) is 0. The Hall–Kier alpha value is -1.28. The summed E-state index contributed by atoms with van der Waals surface area (Å²) >= 11 is 3.89. The molecule has 112 valence electrons. The molecule has 0 radical (unpaired) electrons. The first-order valence-electron chi connectivity index (χ1n) is 7.23. The number of ether oxygens (including phenoxy) is 1. The van der Waals surface area contributed by atoms with Gasteiger partial charge in [0, 0.05) is 0 Å². The Morgan fingerprint density at radius 3 is 1.62 bits per heavy atom. The van der Waals surface area contributed by atoms with Crippen molar-refractivity contribution in [3.63, 3.8) is 0 Å². The molecule has 0 aromatic heterocycles. The minimum absolute atomic E-state index is 0.210. The molecule has 1 nitrogen and oxygen atoms in total. The summed E-state index contributed by atoms with van der Waals surface area (Å²) in [6.45, 7) is 11.1. The fourth-order valence-electron chi connectivity index (χ4n) is 2.85. The average Bonchev–Trinajstić information content (AvgIpc) is 2.51. The standard InChI is InChI=1S/C19H23BrO/c1-11-12(2)14(4)18(15(5)13(11)3)19(20)16-7-9-17(21-6)10-8-16/h7-10,19H,1-6H3. The number of benzene rings is 2. The van der Waals surface area contributed by atoms with Gasteiger partial charge in [-0.2, -0.15) is 0 Å². The van der Waals surface area contributed by atoms with E-state index in [-0.39, 0.29) is 4.83 Å². The fraction of sp³-hybridized carbons (Fsp3) is 0.368. The van der Waals surface area contributed by atoms with Crippen molar-refractivity contribution in [3.05, 3.63) is 63.2 Å². The van der Waals surface area contributed by atoms with Crippen molar-refractivity contribution in [2.24, 2.45) is 0 Å². The van der Waals surface area contributed by atoms with E-state index < -0.39 is 0 Å². The molecule has 0 heterocycles. The Bertz CT molecular complexity index is 627. The van der Waals surface area contributed by atoms with Crippen LogP contribution in [0.4, 0.5) is 0 Å². The van der Waals surface area contributed by atoms with Gasteiger partial charge in [0.1, 0.15) is 5.75 Å². The summed E-state index contributed by atoms with van der Waals surface area (Å²) in [6.07, 6.45) is 0. The maximum absolute atomic E-state index is 5.24. The molecule has 2 heteroatoms. The second-order valence-electron chi connectivity index (χ2n) is 5.67. The molecule has 1 atom stereocenters. The van der Waals surface area contributed by atoms with Gasteiger partial charge in [-0.3, -0.25) is 0 Å². The quantitative estimate of drug-likeness (QED) is 0.645. The van der Waals surface area contributed by atoms with Crippen LogP contribution in [-0.4, -0.2) is 7.11 Å². The minimum atomic E-state index is 0.210. The summed E-state index contributed by atoms with van der Waals surface area (Å²) in [6, 6.07) is 8.29. The molecule has 2 aromatic carbocycles. The third kappa shape index (κ3) is 2.87. The van der Waals surface area contributed by atoms with E-state index in [1.165, 1.54) is 38.9 Å². The van der Waals surface area contributed by atoms with Crippen LogP contribution in [0.3, 0.4) is 0 Å². The van der Waals surface area contributed by atoms with Crippen molar-refractivity contribution in [1.82, 2.24) is 0 Å². The van der Waals surface area contributed by atoms with Gasteiger partial charge in [0.15, 0.2) is 0 Å². The summed E-state index contributed by atoms with van der Waals surface area (Å²) < 4.78 is 5.24. The van der Waals surface area contributed by atoms with Crippen LogP contribution in [-0.2, 0) is 0 Å². The second-order valence-corrected chi connectivity index (χ2v) is 6.59. The Kier molecular flexibility index (Phi) is 4.77. The normalized spacial score (nSPS) is 12.3. The van der Waals surface area contributed by atoms with Crippen molar-refractivity contribution in [2.75, 3.05) is 7.11 Å². The van der Waals surface area contributed by atoms with Crippen LogP contribution in [0, 0.1) is 34.6 Å². The van der Waals surface area contributed by atoms with Gasteiger partial charge in [0.05, 0.1) is 11.9 Å². The molecule has 0 aliphatic heterocycles. The number of rotatable bonds is 3. The highest BCUT2D eigenvalue weighted by molar-refractivity contribution is 9.09. The van der Waals surface area contributed by atoms with Crippen LogP contribution in [0.25, 0.3) is 0 Å². The predicted octanol–water partition coefficient (Wildman–Crippen LogP) is 5.72. The van der Waals surface area contributed by atoms with Crippen molar-refractivity contribution in [2.45, 2.75) is 39.4 Å². The third-order valence-electron chi connectivity index (χ3n) is 4.72. The molecular formula is C19H23BrO. The fourth-order valence-corrected chi connectivity index (χ4v) is 3.84. The lowest BCUT2D eigenvalue weighted by atomic mass is 9.87. The lowest BCUT2D eigenvalue weighted by Crippen LogP contribution is -2.05. The summed E-state index contributed by atoms with van der Waals surface area (Å²) in [7, 11) is 1.70. The van der Waals surface area contributed by atoms with Crippen LogP contribution >= 0.6 is 15.9 Å². The van der Waals surface area contributed by atoms with Gasteiger partial charge in [-0.05, 0) is 85.7 Å². The van der Waals surface area contributed by atoms with Crippen molar-refractivity contribution in [1.29, 1.82) is 0 Å². The van der Waals surface area contributed by atoms with Crippen LogP contribution in [0.1, 0.15) is 43.8 Å². The van der Waals surface area contributed by atoms with Gasteiger partial charge in [0.25, 0.3) is 0 Å². The van der Waals surface area contributed by atoms with E-state index in [1.54, 1.807) is 7.11 Å². The summed E-state index contributed by atoms with van der Waals surface area (Å²) in [4.78, 5) is 0.210. The smallest absolute Gasteiger partial charge is 0.118 e. The number of alkyl halides is 1. The van der Waals surface area contributed by atoms with Crippen LogP contribution in [0.5, 0.6) is 5.75 Å². The van der Waals surface area contributed by atoms with E-state index in [0.717, 1.165) is 5.75 Å². The summed E-state index contributed by atoms with van der Waals surface area (Å²) in [5.41, 5.74) is 9.60. The lowest BCUT2D eigenvalue weighted by molar-refractivity contribution is 0.414. The van der Waals surface area contributed by atoms with Crippen LogP contribution < -0.4 is 4.74 Å². The molecule has 1 unspecified atom stereocenters. The Morgan fingerprint density at radius 1 is 0.762 bits per heavy atom. The van der Waals surface area contributed by atoms with Gasteiger partial charge >= 0.3 is 0 Å². The van der Waals surface area contributed by atoms with Crippen LogP contribution in [0.2, 0.25) is 0 Å². The van der Waals surface area contributed by atoms with E-state index >= 15 is 0 Å². The maximum Gasteiger partial charge on any atom is 0.118 e. The zero-order valence-electron chi connectivity index (χ0n) is 13.7. The lowest BCUT2D eigenvalue weighted by Gasteiger charge is -2.22.